The summed E-state index contributed by atoms with van der Waals surface area (Å²) in [5.74, 6) is 6.42. The molecule has 358 valence electrons. The Morgan fingerprint density at radius 3 is 2.57 bits per heavy atom. The molecule has 3 saturated heterocycles. The average molecular weight is 936 g/mol. The van der Waals surface area contributed by atoms with Crippen LogP contribution in [-0.2, 0) is 19.1 Å². The van der Waals surface area contributed by atoms with Gasteiger partial charge in [0.05, 0.1) is 65.5 Å². The van der Waals surface area contributed by atoms with Gasteiger partial charge in [-0.25, -0.2) is 22.7 Å². The number of halogens is 3. The molecule has 3 aliphatic heterocycles. The van der Waals surface area contributed by atoms with Gasteiger partial charge in [-0.2, -0.15) is 15.3 Å². The minimum absolute atomic E-state index is 0.0391. The number of nitrogens with one attached hydrogen (secondary N) is 2. The molecule has 6 aliphatic rings. The second kappa shape index (κ2) is 18.9. The highest BCUT2D eigenvalue weighted by Crippen LogP contribution is 2.41. The highest BCUT2D eigenvalue weighted by molar-refractivity contribution is 6.08. The van der Waals surface area contributed by atoms with Crippen molar-refractivity contribution in [3.8, 4) is 11.8 Å². The number of para-hydroxylation sites is 1. The summed E-state index contributed by atoms with van der Waals surface area (Å²) in [6.45, 7) is 3.76. The Bertz CT molecular complexity index is 2760. The Hall–Kier alpha value is -5.84. The largest absolute Gasteiger partial charge is 0.375 e. The number of likely N-dealkylation sites (tertiary alicyclic amines) is 1. The van der Waals surface area contributed by atoms with Crippen LogP contribution in [0.3, 0.4) is 0 Å². The number of fused-ring (bicyclic) bond motifs is 2. The summed E-state index contributed by atoms with van der Waals surface area (Å²) in [5, 5.41) is 19.5. The molecule has 1 aromatic carbocycles. The molecule has 7 heterocycles. The topological polar surface area (TPSA) is 166 Å². The predicted molar refractivity (Wildman–Crippen MR) is 244 cm³/mol. The molecule has 0 bridgehead atoms. The van der Waals surface area contributed by atoms with Gasteiger partial charge < -0.3 is 19.7 Å². The number of morpholine rings is 1. The lowest BCUT2D eigenvalue weighted by molar-refractivity contribution is -0.134. The van der Waals surface area contributed by atoms with E-state index in [1.807, 2.05) is 28.9 Å². The summed E-state index contributed by atoms with van der Waals surface area (Å²) in [6, 6.07) is 7.77. The highest BCUT2D eigenvalue weighted by Gasteiger charge is 2.37. The maximum Gasteiger partial charge on any atom is 0.284 e. The average Bonchev–Trinajstić information content (AvgIpc) is 4.23. The van der Waals surface area contributed by atoms with E-state index in [-0.39, 0.29) is 60.8 Å². The molecule has 0 radical (unpaired) electrons. The van der Waals surface area contributed by atoms with E-state index in [4.69, 9.17) is 19.6 Å². The van der Waals surface area contributed by atoms with Crippen LogP contribution in [0.4, 0.5) is 24.7 Å². The summed E-state index contributed by atoms with van der Waals surface area (Å²) in [7, 11) is 0. The van der Waals surface area contributed by atoms with Crippen LogP contribution < -0.4 is 15.5 Å². The van der Waals surface area contributed by atoms with E-state index in [0.29, 0.717) is 62.2 Å². The van der Waals surface area contributed by atoms with Crippen LogP contribution in [0.2, 0.25) is 0 Å². The van der Waals surface area contributed by atoms with Crippen molar-refractivity contribution in [2.45, 2.75) is 120 Å². The number of anilines is 2. The van der Waals surface area contributed by atoms with Crippen molar-refractivity contribution in [2.75, 3.05) is 56.2 Å². The van der Waals surface area contributed by atoms with E-state index >= 15 is 4.39 Å². The molecule has 0 spiro atoms. The normalized spacial score (nSPS) is 26.0. The van der Waals surface area contributed by atoms with E-state index in [9.17, 15) is 23.2 Å². The van der Waals surface area contributed by atoms with Crippen LogP contribution in [-0.4, -0.2) is 121 Å². The van der Waals surface area contributed by atoms with Crippen molar-refractivity contribution in [2.24, 2.45) is 11.8 Å². The quantitative estimate of drug-likeness (QED) is 0.0974. The smallest absolute Gasteiger partial charge is 0.284 e. The number of rotatable bonds is 13. The third-order valence-electron chi connectivity index (χ3n) is 14.7. The van der Waals surface area contributed by atoms with E-state index in [1.165, 1.54) is 29.8 Å². The molecule has 5 aromatic rings. The molecule has 19 heteroatoms. The second-order valence-electron chi connectivity index (χ2n) is 19.5. The third kappa shape index (κ3) is 9.46. The van der Waals surface area contributed by atoms with Crippen LogP contribution in [0.25, 0.3) is 16.6 Å². The van der Waals surface area contributed by atoms with Gasteiger partial charge in [-0.1, -0.05) is 36.8 Å². The van der Waals surface area contributed by atoms with E-state index in [1.54, 1.807) is 10.9 Å². The van der Waals surface area contributed by atoms with Crippen LogP contribution in [0, 0.1) is 23.7 Å². The number of carbonyl (C=O) groups excluding carboxylic acids is 3. The first-order valence-corrected chi connectivity index (χ1v) is 24.3. The van der Waals surface area contributed by atoms with Gasteiger partial charge in [0.15, 0.2) is 11.3 Å². The minimum Gasteiger partial charge on any atom is -0.375 e. The predicted octanol–water partition coefficient (Wildman–Crippen LogP) is 6.54. The molecule has 3 saturated carbocycles. The van der Waals surface area contributed by atoms with Gasteiger partial charge >= 0.3 is 0 Å². The first-order chi connectivity index (χ1) is 33.1. The number of carbonyl (C=O) groups is 3. The fourth-order valence-electron chi connectivity index (χ4n) is 10.7. The SMILES string of the molecule is O=C1CCC(c2nn(C3CC3)c3c(C#CCO[C@@H]4CCN(CC5CCC(n6cc(NC(=O)c7cnn8ccc(N9CCO[C@@H](CC%10CC%10)C9)nc78)c(C(F)F)n6)CC5)C[C@@H]4F)cccc23)C(=O)N1. The van der Waals surface area contributed by atoms with E-state index in [0.717, 1.165) is 73.9 Å². The Morgan fingerprint density at radius 2 is 1.79 bits per heavy atom. The zero-order valence-corrected chi connectivity index (χ0v) is 37.9. The number of alkyl halides is 3. The standard InChI is InChI=1S/C49H56F3N11O5/c50-38-27-59(18-16-40(38)68-21-2-4-31-3-1-5-35-43(36-14-15-42(64)56-48(36)65)58-63(45(31)35)33-12-13-33)25-30-8-10-32(11-9-30)62-28-39(44(57-62)46(51)52)54-49(66)37-24-53-61-19-17-41(55-47(37)61)60-20-22-67-34(26-60)23-29-6-7-29/h1,3,5,17,19,24,28-30,32-34,36,38,40,46H,6-16,18,20-23,25-27H2,(H,54,66)(H,56,64,65)/t30?,32?,34-,36?,38-,40+/m0/s1. The maximum absolute atomic E-state index is 15.6. The Kier molecular flexibility index (Phi) is 12.4. The number of hydrogen-bond donors (Lipinski definition) is 2. The van der Waals surface area contributed by atoms with Gasteiger partial charge in [-0.05, 0) is 81.8 Å². The van der Waals surface area contributed by atoms with Crippen molar-refractivity contribution in [3.63, 3.8) is 0 Å². The van der Waals surface area contributed by atoms with Gasteiger partial charge in [0, 0.05) is 56.9 Å². The Balaban J connectivity index is 0.665. The molecule has 3 amide bonds. The highest BCUT2D eigenvalue weighted by atomic mass is 19.3. The zero-order chi connectivity index (χ0) is 46.5. The van der Waals surface area contributed by atoms with Crippen LogP contribution in [0.5, 0.6) is 0 Å². The minimum atomic E-state index is -2.89. The maximum atomic E-state index is 15.6. The van der Waals surface area contributed by atoms with Gasteiger partial charge in [-0.15, -0.1) is 0 Å². The molecular weight excluding hydrogens is 880 g/mol. The molecule has 16 nitrogen and oxygen atoms in total. The molecule has 1 unspecified atom stereocenters. The number of imide groups is 1. The van der Waals surface area contributed by atoms with Crippen molar-refractivity contribution in [1.29, 1.82) is 0 Å². The monoisotopic (exact) mass is 935 g/mol. The van der Waals surface area contributed by atoms with Crippen molar-refractivity contribution in [3.05, 3.63) is 65.4 Å². The zero-order valence-electron chi connectivity index (χ0n) is 37.9. The summed E-state index contributed by atoms with van der Waals surface area (Å²) in [5.41, 5.74) is 2.30. The molecule has 6 fully saturated rings. The Morgan fingerprint density at radius 1 is 0.971 bits per heavy atom. The van der Waals surface area contributed by atoms with Gasteiger partial charge in [0.2, 0.25) is 11.8 Å². The first kappa shape index (κ1) is 44.7. The number of nitrogens with zero attached hydrogens (tertiary/aromatic N) is 9. The van der Waals surface area contributed by atoms with Crippen molar-refractivity contribution < 1.29 is 37.0 Å². The third-order valence-corrected chi connectivity index (χ3v) is 14.7. The van der Waals surface area contributed by atoms with Gasteiger partial charge in [-0.3, -0.25) is 34.0 Å². The lowest BCUT2D eigenvalue weighted by Gasteiger charge is -2.38. The number of ether oxygens (including phenoxy) is 2. The summed E-state index contributed by atoms with van der Waals surface area (Å²) in [6.07, 6.45) is 10.0. The Labute approximate surface area is 391 Å². The fraction of sp³-hybridized carbons (Fsp3) is 0.571. The first-order valence-electron chi connectivity index (χ1n) is 24.3. The number of hydrogen-bond acceptors (Lipinski definition) is 11. The molecular formula is C49H56F3N11O5. The van der Waals surface area contributed by atoms with Gasteiger partial charge in [0.25, 0.3) is 12.3 Å². The molecule has 4 atom stereocenters. The summed E-state index contributed by atoms with van der Waals surface area (Å²) < 4.78 is 61.4. The van der Waals surface area contributed by atoms with E-state index in [2.05, 4.69) is 42.5 Å². The molecule has 3 aliphatic carbocycles. The molecule has 11 rings (SSSR count). The molecule has 2 N–H and O–H groups in total. The van der Waals surface area contributed by atoms with Crippen LogP contribution in [0.15, 0.2) is 42.9 Å². The van der Waals surface area contributed by atoms with Crippen molar-refractivity contribution in [1.82, 2.24) is 44.4 Å². The summed E-state index contributed by atoms with van der Waals surface area (Å²) in [4.78, 5) is 47.3. The number of amides is 3. The lowest BCUT2D eigenvalue weighted by Crippen LogP contribution is -2.47. The second-order valence-corrected chi connectivity index (χ2v) is 19.5. The van der Waals surface area contributed by atoms with E-state index < -0.39 is 36.2 Å². The van der Waals surface area contributed by atoms with Gasteiger partial charge in [0.1, 0.15) is 24.2 Å². The van der Waals surface area contributed by atoms with Crippen LogP contribution >= 0.6 is 0 Å². The molecule has 68 heavy (non-hydrogen) atoms. The lowest BCUT2D eigenvalue weighted by atomic mass is 9.85. The number of aromatic nitrogens is 7. The fourth-order valence-corrected chi connectivity index (χ4v) is 10.7. The van der Waals surface area contributed by atoms with Crippen molar-refractivity contribution >= 4 is 45.8 Å². The van der Waals surface area contributed by atoms with Crippen LogP contribution in [0.1, 0.15) is 129 Å². The molecule has 4 aromatic heterocycles. The number of piperidine rings is 2. The number of benzene rings is 1. The summed E-state index contributed by atoms with van der Waals surface area (Å²) >= 11 is 0.